The highest BCUT2D eigenvalue weighted by Gasteiger charge is 2.28. The van der Waals surface area contributed by atoms with Crippen LogP contribution in [0.4, 0.5) is 0 Å². The molecule has 0 radical (unpaired) electrons. The number of nitrogens with two attached hydrogens (primary N) is 1. The minimum atomic E-state index is -0.558. The van der Waals surface area contributed by atoms with E-state index in [0.717, 1.165) is 25.2 Å². The van der Waals surface area contributed by atoms with Crippen molar-refractivity contribution in [3.8, 4) is 0 Å². The Hall–Kier alpha value is -0.0800. The van der Waals surface area contributed by atoms with Crippen LogP contribution in [0.15, 0.2) is 0 Å². The summed E-state index contributed by atoms with van der Waals surface area (Å²) in [6.45, 7) is 2.52. The van der Waals surface area contributed by atoms with E-state index in [0.29, 0.717) is 6.54 Å². The monoisotopic (exact) mass is 171 g/mol. The van der Waals surface area contributed by atoms with Gasteiger partial charge in [0, 0.05) is 6.54 Å². The van der Waals surface area contributed by atoms with Crippen LogP contribution in [0.1, 0.15) is 45.4 Å². The summed E-state index contributed by atoms with van der Waals surface area (Å²) in [4.78, 5) is 0. The van der Waals surface area contributed by atoms with E-state index in [2.05, 4.69) is 6.92 Å². The van der Waals surface area contributed by atoms with E-state index in [4.69, 9.17) is 5.73 Å². The molecule has 0 saturated heterocycles. The van der Waals surface area contributed by atoms with E-state index < -0.39 is 5.60 Å². The Balaban J connectivity index is 2.20. The molecule has 1 aliphatic rings. The standard InChI is InChI=1S/C10H21NO/c1-2-6-10(12,8-11)7-5-9-3-4-9/h9,12H,2-8,11H2,1H3. The zero-order valence-electron chi connectivity index (χ0n) is 8.05. The van der Waals surface area contributed by atoms with Crippen LogP contribution >= 0.6 is 0 Å². The molecule has 12 heavy (non-hydrogen) atoms. The molecule has 0 aromatic rings. The lowest BCUT2D eigenvalue weighted by atomic mass is 9.91. The van der Waals surface area contributed by atoms with E-state index in [9.17, 15) is 5.11 Å². The first-order chi connectivity index (χ1) is 5.70. The zero-order valence-corrected chi connectivity index (χ0v) is 8.05. The highest BCUT2D eigenvalue weighted by molar-refractivity contribution is 4.83. The molecular formula is C10H21NO. The van der Waals surface area contributed by atoms with E-state index in [1.54, 1.807) is 0 Å². The summed E-state index contributed by atoms with van der Waals surface area (Å²) in [5, 5.41) is 9.97. The van der Waals surface area contributed by atoms with Gasteiger partial charge in [-0.3, -0.25) is 0 Å². The first-order valence-electron chi connectivity index (χ1n) is 5.12. The lowest BCUT2D eigenvalue weighted by Crippen LogP contribution is -2.37. The summed E-state index contributed by atoms with van der Waals surface area (Å²) in [5.74, 6) is 0.903. The average Bonchev–Trinajstić information content (AvgIpc) is 2.85. The fourth-order valence-electron chi connectivity index (χ4n) is 1.67. The summed E-state index contributed by atoms with van der Waals surface area (Å²) in [7, 11) is 0. The lowest BCUT2D eigenvalue weighted by Gasteiger charge is -2.25. The summed E-state index contributed by atoms with van der Waals surface area (Å²) in [5.41, 5.74) is 4.99. The average molecular weight is 171 g/mol. The maximum absolute atomic E-state index is 9.97. The van der Waals surface area contributed by atoms with Crippen molar-refractivity contribution in [3.05, 3.63) is 0 Å². The molecule has 1 atom stereocenters. The Morgan fingerprint density at radius 3 is 2.50 bits per heavy atom. The molecule has 0 bridgehead atoms. The van der Waals surface area contributed by atoms with Gasteiger partial charge in [0.2, 0.25) is 0 Å². The fourth-order valence-corrected chi connectivity index (χ4v) is 1.67. The van der Waals surface area contributed by atoms with Gasteiger partial charge < -0.3 is 10.8 Å². The Kier molecular flexibility index (Phi) is 3.53. The van der Waals surface area contributed by atoms with Gasteiger partial charge in [-0.2, -0.15) is 0 Å². The molecule has 2 heteroatoms. The molecule has 1 fully saturated rings. The van der Waals surface area contributed by atoms with Crippen molar-refractivity contribution in [2.75, 3.05) is 6.54 Å². The van der Waals surface area contributed by atoms with Crippen molar-refractivity contribution in [2.45, 2.75) is 51.0 Å². The molecule has 0 amide bonds. The fraction of sp³-hybridized carbons (Fsp3) is 1.00. The molecule has 72 valence electrons. The summed E-state index contributed by atoms with van der Waals surface area (Å²) >= 11 is 0. The minimum absolute atomic E-state index is 0.424. The third-order valence-electron chi connectivity index (χ3n) is 2.81. The summed E-state index contributed by atoms with van der Waals surface area (Å²) < 4.78 is 0. The van der Waals surface area contributed by atoms with Gasteiger partial charge in [-0.1, -0.05) is 26.2 Å². The van der Waals surface area contributed by atoms with Crippen molar-refractivity contribution in [1.29, 1.82) is 0 Å². The molecule has 0 heterocycles. The second-order valence-electron chi connectivity index (χ2n) is 4.16. The molecule has 2 nitrogen and oxygen atoms in total. The van der Waals surface area contributed by atoms with Crippen LogP contribution < -0.4 is 5.73 Å². The highest BCUT2D eigenvalue weighted by atomic mass is 16.3. The van der Waals surface area contributed by atoms with Crippen LogP contribution in [-0.2, 0) is 0 Å². The quantitative estimate of drug-likeness (QED) is 0.638. The van der Waals surface area contributed by atoms with Crippen molar-refractivity contribution in [3.63, 3.8) is 0 Å². The van der Waals surface area contributed by atoms with Gasteiger partial charge in [0.1, 0.15) is 0 Å². The van der Waals surface area contributed by atoms with Crippen LogP contribution in [-0.4, -0.2) is 17.3 Å². The molecule has 3 N–H and O–H groups in total. The second-order valence-corrected chi connectivity index (χ2v) is 4.16. The van der Waals surface area contributed by atoms with Gasteiger partial charge in [-0.05, 0) is 25.2 Å². The van der Waals surface area contributed by atoms with Crippen LogP contribution in [0, 0.1) is 5.92 Å². The second kappa shape index (κ2) is 4.24. The van der Waals surface area contributed by atoms with Gasteiger partial charge in [0.25, 0.3) is 0 Å². The number of hydrogen-bond donors (Lipinski definition) is 2. The van der Waals surface area contributed by atoms with Crippen molar-refractivity contribution >= 4 is 0 Å². The Labute approximate surface area is 75.2 Å². The third-order valence-corrected chi connectivity index (χ3v) is 2.81. The first-order valence-corrected chi connectivity index (χ1v) is 5.12. The number of aliphatic hydroxyl groups is 1. The maximum atomic E-state index is 9.97. The van der Waals surface area contributed by atoms with E-state index >= 15 is 0 Å². The van der Waals surface area contributed by atoms with E-state index in [-0.39, 0.29) is 0 Å². The molecule has 1 saturated carbocycles. The topological polar surface area (TPSA) is 46.2 Å². The summed E-state index contributed by atoms with van der Waals surface area (Å²) in [6.07, 6.45) is 6.70. The molecule has 1 aliphatic carbocycles. The van der Waals surface area contributed by atoms with Crippen LogP contribution in [0.5, 0.6) is 0 Å². The molecule has 1 unspecified atom stereocenters. The van der Waals surface area contributed by atoms with Crippen LogP contribution in [0.2, 0.25) is 0 Å². The minimum Gasteiger partial charge on any atom is -0.389 e. The SMILES string of the molecule is CCCC(O)(CN)CCC1CC1. The Bertz CT molecular complexity index is 134. The number of hydrogen-bond acceptors (Lipinski definition) is 2. The van der Waals surface area contributed by atoms with E-state index in [1.165, 1.54) is 19.3 Å². The molecule has 0 aromatic heterocycles. The predicted octanol–water partition coefficient (Wildman–Crippen LogP) is 1.67. The zero-order chi connectivity index (χ0) is 9.03. The largest absolute Gasteiger partial charge is 0.389 e. The van der Waals surface area contributed by atoms with Gasteiger partial charge in [0.15, 0.2) is 0 Å². The summed E-state index contributed by atoms with van der Waals surface area (Å²) in [6, 6.07) is 0. The molecule has 0 aliphatic heterocycles. The van der Waals surface area contributed by atoms with Crippen molar-refractivity contribution in [1.82, 2.24) is 0 Å². The molecule has 0 aromatic carbocycles. The van der Waals surface area contributed by atoms with Crippen molar-refractivity contribution < 1.29 is 5.11 Å². The Morgan fingerprint density at radius 1 is 1.42 bits per heavy atom. The van der Waals surface area contributed by atoms with Gasteiger partial charge in [-0.15, -0.1) is 0 Å². The third kappa shape index (κ3) is 3.11. The molecular weight excluding hydrogens is 150 g/mol. The van der Waals surface area contributed by atoms with Gasteiger partial charge >= 0.3 is 0 Å². The Morgan fingerprint density at radius 2 is 2.08 bits per heavy atom. The van der Waals surface area contributed by atoms with Crippen molar-refractivity contribution in [2.24, 2.45) is 11.7 Å². The lowest BCUT2D eigenvalue weighted by molar-refractivity contribution is 0.0275. The molecule has 1 rings (SSSR count). The van der Waals surface area contributed by atoms with Crippen LogP contribution in [0.3, 0.4) is 0 Å². The van der Waals surface area contributed by atoms with Gasteiger partial charge in [0.05, 0.1) is 5.60 Å². The first kappa shape index (κ1) is 10.0. The maximum Gasteiger partial charge on any atom is 0.0769 e. The normalized spacial score (nSPS) is 22.2. The highest BCUT2D eigenvalue weighted by Crippen LogP contribution is 2.35. The number of rotatable bonds is 6. The molecule has 0 spiro atoms. The van der Waals surface area contributed by atoms with E-state index in [1.807, 2.05) is 0 Å². The predicted molar refractivity (Wildman–Crippen MR) is 50.9 cm³/mol. The van der Waals surface area contributed by atoms with Gasteiger partial charge in [-0.25, -0.2) is 0 Å². The smallest absolute Gasteiger partial charge is 0.0769 e. The van der Waals surface area contributed by atoms with Crippen LogP contribution in [0.25, 0.3) is 0 Å².